The minimum Gasteiger partial charge on any atom is -0.273 e. The molecule has 1 nitrogen and oxygen atoms in total. The van der Waals surface area contributed by atoms with Crippen molar-refractivity contribution in [3.05, 3.63) is 34.3 Å². The molecule has 0 saturated carbocycles. The number of nitrogens with zero attached hydrogens (tertiary/aromatic N) is 1. The zero-order valence-electron chi connectivity index (χ0n) is 6.00. The van der Waals surface area contributed by atoms with Crippen molar-refractivity contribution in [2.45, 2.75) is 6.42 Å². The first-order valence-electron chi connectivity index (χ1n) is 3.73. The number of fused-ring (bicyclic) bond motifs is 4. The van der Waals surface area contributed by atoms with Crippen molar-refractivity contribution >= 4 is 17.5 Å². The fraction of sp³-hybridized carbons (Fsp3) is 0.222. The van der Waals surface area contributed by atoms with E-state index in [0.717, 1.165) is 12.3 Å². The van der Waals surface area contributed by atoms with Gasteiger partial charge in [-0.1, -0.05) is 12.2 Å². The van der Waals surface area contributed by atoms with Crippen LogP contribution in [0.3, 0.4) is 0 Å². The molecule has 0 unspecified atom stereocenters. The number of hydrogen-bond acceptors (Lipinski definition) is 2. The van der Waals surface area contributed by atoms with E-state index in [4.69, 9.17) is 0 Å². The van der Waals surface area contributed by atoms with Gasteiger partial charge in [-0.3, -0.25) is 4.99 Å². The Bertz CT molecular complexity index is 345. The van der Waals surface area contributed by atoms with E-state index >= 15 is 0 Å². The molecule has 0 N–H and O–H groups in total. The predicted molar refractivity (Wildman–Crippen MR) is 48.8 cm³/mol. The minimum atomic E-state index is 0.922. The second-order valence-electron chi connectivity index (χ2n) is 2.90. The lowest BCUT2D eigenvalue weighted by Crippen LogP contribution is -2.04. The molecule has 1 heterocycles. The molecule has 0 saturated heterocycles. The number of hydrogen-bond donors (Lipinski definition) is 0. The topological polar surface area (TPSA) is 12.4 Å². The Hall–Kier alpha value is -0.760. The zero-order valence-corrected chi connectivity index (χ0v) is 6.82. The first kappa shape index (κ1) is 5.84. The van der Waals surface area contributed by atoms with Gasteiger partial charge in [0.25, 0.3) is 0 Å². The maximum Gasteiger partial charge on any atom is 0.0898 e. The van der Waals surface area contributed by atoms with Crippen LogP contribution in [-0.2, 0) is 0 Å². The third kappa shape index (κ3) is 0.703. The van der Waals surface area contributed by atoms with E-state index in [-0.39, 0.29) is 0 Å². The van der Waals surface area contributed by atoms with Crippen molar-refractivity contribution in [3.8, 4) is 0 Å². The molecular weight excluding hydrogens is 154 g/mol. The van der Waals surface area contributed by atoms with Crippen LogP contribution in [0.1, 0.15) is 6.42 Å². The van der Waals surface area contributed by atoms with Crippen LogP contribution in [0.25, 0.3) is 0 Å². The lowest BCUT2D eigenvalue weighted by atomic mass is 10.00. The second kappa shape index (κ2) is 1.89. The number of allylic oxidation sites excluding steroid dienone is 6. The van der Waals surface area contributed by atoms with Gasteiger partial charge in [-0.05, 0) is 23.6 Å². The van der Waals surface area contributed by atoms with Gasteiger partial charge in [-0.15, -0.1) is 11.8 Å². The van der Waals surface area contributed by atoms with Gasteiger partial charge in [0.2, 0.25) is 0 Å². The van der Waals surface area contributed by atoms with Crippen LogP contribution in [0.5, 0.6) is 0 Å². The molecule has 11 heavy (non-hydrogen) atoms. The Labute approximate surface area is 69.6 Å². The summed E-state index contributed by atoms with van der Waals surface area (Å²) in [6.45, 7) is 0. The molecule has 0 amide bonds. The molecule has 0 aromatic rings. The van der Waals surface area contributed by atoms with E-state index in [0.29, 0.717) is 0 Å². The van der Waals surface area contributed by atoms with E-state index in [1.165, 1.54) is 21.8 Å². The molecule has 1 aliphatic heterocycles. The Morgan fingerprint density at radius 3 is 3.36 bits per heavy atom. The highest BCUT2D eigenvalue weighted by atomic mass is 32.2. The van der Waals surface area contributed by atoms with Crippen LogP contribution >= 0.6 is 11.8 Å². The van der Waals surface area contributed by atoms with E-state index in [1.54, 1.807) is 0 Å². The quantitative estimate of drug-likeness (QED) is 0.531. The third-order valence-corrected chi connectivity index (χ3v) is 3.07. The van der Waals surface area contributed by atoms with Gasteiger partial charge in [0.15, 0.2) is 0 Å². The molecular formula is C9H7NS. The summed E-state index contributed by atoms with van der Waals surface area (Å²) in [6.07, 6.45) is 7.78. The molecule has 0 radical (unpaired) electrons. The highest BCUT2D eigenvalue weighted by Gasteiger charge is 2.25. The summed E-state index contributed by atoms with van der Waals surface area (Å²) in [7, 11) is 0. The summed E-state index contributed by atoms with van der Waals surface area (Å²) in [4.78, 5) is 5.83. The maximum atomic E-state index is 4.45. The van der Waals surface area contributed by atoms with Gasteiger partial charge in [0.1, 0.15) is 0 Å². The predicted octanol–water partition coefficient (Wildman–Crippen LogP) is 2.29. The van der Waals surface area contributed by atoms with Crippen molar-refractivity contribution in [1.29, 1.82) is 0 Å². The normalized spacial score (nSPS) is 25.5. The summed E-state index contributed by atoms with van der Waals surface area (Å²) in [5.74, 6) is 0.922. The summed E-state index contributed by atoms with van der Waals surface area (Å²) in [5.41, 5.74) is 4.12. The van der Waals surface area contributed by atoms with Gasteiger partial charge in [-0.2, -0.15) is 0 Å². The molecule has 2 heteroatoms. The van der Waals surface area contributed by atoms with Gasteiger partial charge >= 0.3 is 0 Å². The number of aliphatic imine (C=N–C) groups is 1. The summed E-state index contributed by atoms with van der Waals surface area (Å²) >= 11 is 1.85. The Morgan fingerprint density at radius 1 is 1.36 bits per heavy atom. The van der Waals surface area contributed by atoms with Crippen LogP contribution in [-0.4, -0.2) is 11.6 Å². The summed E-state index contributed by atoms with van der Waals surface area (Å²) < 4.78 is 0. The molecule has 54 valence electrons. The number of rotatable bonds is 0. The van der Waals surface area contributed by atoms with Gasteiger partial charge in [0, 0.05) is 4.91 Å². The Morgan fingerprint density at radius 2 is 2.36 bits per heavy atom. The third-order valence-electron chi connectivity index (χ3n) is 2.19. The highest BCUT2D eigenvalue weighted by Crippen LogP contribution is 2.38. The molecule has 0 atom stereocenters. The fourth-order valence-electron chi connectivity index (χ4n) is 1.66. The van der Waals surface area contributed by atoms with E-state index in [9.17, 15) is 0 Å². The van der Waals surface area contributed by atoms with Gasteiger partial charge in [0.05, 0.1) is 11.6 Å². The molecule has 2 aliphatic carbocycles. The van der Waals surface area contributed by atoms with Crippen molar-refractivity contribution in [1.82, 2.24) is 0 Å². The van der Waals surface area contributed by atoms with Crippen LogP contribution in [0, 0.1) is 0 Å². The van der Waals surface area contributed by atoms with Crippen molar-refractivity contribution in [2.24, 2.45) is 4.99 Å². The molecule has 3 rings (SSSR count). The van der Waals surface area contributed by atoms with Crippen LogP contribution in [0.4, 0.5) is 0 Å². The maximum absolute atomic E-state index is 4.45. The molecule has 0 fully saturated rings. The average molecular weight is 161 g/mol. The lowest BCUT2D eigenvalue weighted by Gasteiger charge is -2.10. The van der Waals surface area contributed by atoms with Gasteiger partial charge in [-0.25, -0.2) is 0 Å². The van der Waals surface area contributed by atoms with Crippen molar-refractivity contribution < 1.29 is 0 Å². The fourth-order valence-corrected chi connectivity index (χ4v) is 2.56. The minimum absolute atomic E-state index is 0.922. The lowest BCUT2D eigenvalue weighted by molar-refractivity contribution is 1.24. The van der Waals surface area contributed by atoms with E-state index in [1.807, 2.05) is 11.8 Å². The highest BCUT2D eigenvalue weighted by molar-refractivity contribution is 8.04. The SMILES string of the molecule is C1=C2C=C3SCN=C3C(=C1)C2. The molecule has 0 spiro atoms. The molecule has 3 aliphatic rings. The van der Waals surface area contributed by atoms with Gasteiger partial charge < -0.3 is 0 Å². The molecule has 0 aromatic heterocycles. The Balaban J connectivity index is 2.24. The second-order valence-corrected chi connectivity index (χ2v) is 3.89. The Kier molecular flexibility index (Phi) is 1.00. The summed E-state index contributed by atoms with van der Waals surface area (Å²) in [5, 5.41) is 0. The largest absolute Gasteiger partial charge is 0.273 e. The zero-order chi connectivity index (χ0) is 7.26. The van der Waals surface area contributed by atoms with Crippen molar-refractivity contribution in [2.75, 3.05) is 5.88 Å². The smallest absolute Gasteiger partial charge is 0.0898 e. The average Bonchev–Trinajstić information content (AvgIpc) is 2.58. The van der Waals surface area contributed by atoms with Crippen molar-refractivity contribution in [3.63, 3.8) is 0 Å². The first-order valence-corrected chi connectivity index (χ1v) is 4.71. The molecule has 0 aromatic carbocycles. The van der Waals surface area contributed by atoms with E-state index < -0.39 is 0 Å². The van der Waals surface area contributed by atoms with Crippen LogP contribution in [0.2, 0.25) is 0 Å². The summed E-state index contributed by atoms with van der Waals surface area (Å²) in [6, 6.07) is 0. The monoisotopic (exact) mass is 161 g/mol. The van der Waals surface area contributed by atoms with Crippen LogP contribution < -0.4 is 0 Å². The number of thioether (sulfide) groups is 1. The first-order chi connectivity index (χ1) is 5.43. The van der Waals surface area contributed by atoms with E-state index in [2.05, 4.69) is 23.2 Å². The standard InChI is InChI=1S/C9H7NS/c1-2-7-3-6(1)4-8-9(7)10-5-11-8/h1-2,4H,3,5H2. The van der Waals surface area contributed by atoms with Crippen LogP contribution in [0.15, 0.2) is 39.3 Å². The molecule has 2 bridgehead atoms.